The summed E-state index contributed by atoms with van der Waals surface area (Å²) in [6, 6.07) is 3.13. The number of carbonyl (C=O) groups excluding carboxylic acids is 2. The molecule has 2 aliphatic heterocycles. The summed E-state index contributed by atoms with van der Waals surface area (Å²) in [4.78, 5) is 131. The maximum atomic E-state index is 12.3. The second-order valence-corrected chi connectivity index (χ2v) is 21.1. The quantitative estimate of drug-likeness (QED) is 0.0422. The summed E-state index contributed by atoms with van der Waals surface area (Å²) >= 11 is 0. The van der Waals surface area contributed by atoms with Crippen LogP contribution < -0.4 is 31.5 Å². The molecule has 12 N–H and O–H groups in total. The Morgan fingerprint density at radius 1 is 0.529 bits per heavy atom. The van der Waals surface area contributed by atoms with Crippen LogP contribution in [0.5, 0.6) is 0 Å². The molecule has 30 nitrogen and oxygen atoms in total. The first kappa shape index (κ1) is 73.0. The fraction of sp³-hybridized carbons (Fsp3) is 0.667. The molecule has 0 aliphatic carbocycles. The van der Waals surface area contributed by atoms with Crippen LogP contribution in [0.25, 0.3) is 0 Å². The van der Waals surface area contributed by atoms with Gasteiger partial charge in [0.1, 0.15) is 12.1 Å². The van der Waals surface area contributed by atoms with Crippen molar-refractivity contribution in [3.05, 3.63) is 29.8 Å². The Hall–Kier alpha value is -6.31. The first-order valence-corrected chi connectivity index (χ1v) is 28.7. The van der Waals surface area contributed by atoms with E-state index in [1.165, 1.54) is 0 Å². The number of aliphatic carboxylic acids is 7. The predicted octanol–water partition coefficient (Wildman–Crippen LogP) is 1.12. The van der Waals surface area contributed by atoms with Crippen LogP contribution in [0.15, 0.2) is 24.3 Å². The number of carboxylic acids is 7. The van der Waals surface area contributed by atoms with Crippen LogP contribution in [0.4, 0.5) is 28.3 Å². The first-order valence-electron chi connectivity index (χ1n) is 28.7. The number of unbranched alkanes of at least 4 members (excludes halogenated alkanes) is 8. The maximum absolute atomic E-state index is 12.3. The number of hydrogen-bond donors (Lipinski definition) is 12. The van der Waals surface area contributed by atoms with Crippen molar-refractivity contribution in [2.24, 2.45) is 0 Å². The third-order valence-corrected chi connectivity index (χ3v) is 14.5. The Bertz CT molecular complexity index is 2440. The number of carbonyl (C=O) groups is 9. The van der Waals surface area contributed by atoms with Gasteiger partial charge in [-0.15, -0.1) is 0 Å². The molecule has 0 bridgehead atoms. The average molecular weight is 1360 g/mol. The van der Waals surface area contributed by atoms with E-state index >= 15 is 0 Å². The van der Waals surface area contributed by atoms with Crippen molar-refractivity contribution in [1.82, 2.24) is 55.4 Å². The number of anilines is 4. The number of nitrogens with one attached hydrogen (secondary N) is 5. The van der Waals surface area contributed by atoms with Gasteiger partial charge in [0.25, 0.3) is 0 Å². The van der Waals surface area contributed by atoms with Gasteiger partial charge in [0, 0.05) is 147 Å². The molecular formula is C54H86LuN14O16. The summed E-state index contributed by atoms with van der Waals surface area (Å²) in [7, 11) is 1.73. The molecule has 4 rings (SSSR count). The first-order chi connectivity index (χ1) is 40.1. The molecule has 2 aliphatic rings. The van der Waals surface area contributed by atoms with E-state index in [-0.39, 0.29) is 128 Å². The molecule has 2 saturated heterocycles. The number of benzene rings is 1. The van der Waals surface area contributed by atoms with Gasteiger partial charge in [-0.1, -0.05) is 50.7 Å². The molecule has 31 heteroatoms. The third kappa shape index (κ3) is 30.6. The monoisotopic (exact) mass is 1360 g/mol. The van der Waals surface area contributed by atoms with Crippen LogP contribution in [0.2, 0.25) is 0 Å². The molecule has 85 heavy (non-hydrogen) atoms. The minimum absolute atomic E-state index is 0. The number of urea groups is 1. The molecule has 3 heterocycles. The molecule has 3 amide bonds. The van der Waals surface area contributed by atoms with Crippen LogP contribution in [0, 0.1) is 36.9 Å². The van der Waals surface area contributed by atoms with Crippen molar-refractivity contribution < 1.29 is 116 Å². The van der Waals surface area contributed by atoms with Gasteiger partial charge in [-0.2, -0.15) is 15.0 Å². The van der Waals surface area contributed by atoms with Gasteiger partial charge in [0.2, 0.25) is 23.8 Å². The second kappa shape index (κ2) is 40.1. The smallest absolute Gasteiger partial charge is 0.326 e. The molecule has 3 atom stereocenters. The summed E-state index contributed by atoms with van der Waals surface area (Å²) in [5.74, 6) is -7.14. The predicted molar refractivity (Wildman–Crippen MR) is 306 cm³/mol. The molecule has 1 radical (unpaired) electrons. The van der Waals surface area contributed by atoms with E-state index in [0.29, 0.717) is 55.8 Å². The second-order valence-electron chi connectivity index (χ2n) is 21.1. The van der Waals surface area contributed by atoms with Gasteiger partial charge in [-0.3, -0.25) is 53.3 Å². The SMILES string of the molecule is CNc1nc(Nc2ccc(CC3CN(CC(=O)O)CCN(CC(=O)O)CCN(CC(=O)O)CCN3CC(=O)O)cc2)nc(N2CCN(CCCCCCCCCCC(=O)NCCCC[C@H](NC(=O)N[C@@H](CCC(=O)O)C(=O)O)C(=O)O)CC2)n1.[Lu]. The van der Waals surface area contributed by atoms with Gasteiger partial charge >= 0.3 is 47.8 Å². The molecular weight excluding hydrogens is 1280 g/mol. The Morgan fingerprint density at radius 3 is 1.59 bits per heavy atom. The van der Waals surface area contributed by atoms with Crippen molar-refractivity contribution >= 4 is 77.3 Å². The average Bonchev–Trinajstić information content (AvgIpc) is 3.47. The Morgan fingerprint density at radius 2 is 1.04 bits per heavy atom. The number of hydrogen-bond acceptors (Lipinski definition) is 20. The third-order valence-electron chi connectivity index (χ3n) is 14.5. The van der Waals surface area contributed by atoms with Crippen LogP contribution >= 0.6 is 0 Å². The van der Waals surface area contributed by atoms with Crippen LogP contribution in [0.1, 0.15) is 95.5 Å². The van der Waals surface area contributed by atoms with E-state index in [4.69, 9.17) is 10.1 Å². The Kier molecular flexibility index (Phi) is 34.5. The molecule has 2 aromatic rings. The van der Waals surface area contributed by atoms with Crippen molar-refractivity contribution in [3.63, 3.8) is 0 Å². The fourth-order valence-corrected chi connectivity index (χ4v) is 9.94. The van der Waals surface area contributed by atoms with Crippen LogP contribution in [-0.2, 0) is 44.8 Å². The molecule has 0 spiro atoms. The number of carboxylic acid groups (broad SMARTS) is 7. The van der Waals surface area contributed by atoms with E-state index in [1.54, 1.807) is 26.6 Å². The molecule has 0 saturated carbocycles. The van der Waals surface area contributed by atoms with Gasteiger partial charge in [0.05, 0.1) is 26.2 Å². The van der Waals surface area contributed by atoms with Crippen molar-refractivity contribution in [2.45, 2.75) is 114 Å². The minimum atomic E-state index is -1.49. The standard InChI is InChI=1S/C54H86N14O16.Lu/c1-55-51-60-52(57-39-16-14-38(15-17-39)32-40-33-66(36-47(76)77)25-24-64(34-45(72)73)22-23-65(35-46(74)75)28-31-68(40)37-48(78)79)62-53(61-51)67-29-26-63(27-30-67)21-11-7-5-3-2-4-6-8-13-43(69)56-20-10-9-12-41(49(80)81)58-54(84)59-42(50(82)83)18-19-44(70)71;/h14-17,40-42H,2-13,18-37H2,1H3,(H,56,69)(H,70,71)(H,72,73)(H,74,75)(H,76,77)(H,78,79)(H,80,81)(H,82,83)(H2,58,59,84)(H2,55,57,60,61,62);/t40?,41-,42-;/m0./s1. The zero-order chi connectivity index (χ0) is 61.4. The summed E-state index contributed by atoms with van der Waals surface area (Å²) in [6.45, 7) is 4.47. The molecule has 483 valence electrons. The minimum Gasteiger partial charge on any atom is -0.481 e. The fourth-order valence-electron chi connectivity index (χ4n) is 9.94. The van der Waals surface area contributed by atoms with Gasteiger partial charge in [-0.25, -0.2) is 14.4 Å². The van der Waals surface area contributed by atoms with Gasteiger partial charge < -0.3 is 67.2 Å². The molecule has 1 unspecified atom stereocenters. The van der Waals surface area contributed by atoms with Crippen molar-refractivity contribution in [3.8, 4) is 0 Å². The van der Waals surface area contributed by atoms with Crippen LogP contribution in [-0.4, -0.2) is 265 Å². The number of aromatic nitrogens is 3. The Labute approximate surface area is 523 Å². The Balaban J connectivity index is 0.0000189. The van der Waals surface area contributed by atoms with E-state index < -0.39 is 72.4 Å². The summed E-state index contributed by atoms with van der Waals surface area (Å²) in [5.41, 5.74) is 1.51. The summed E-state index contributed by atoms with van der Waals surface area (Å²) < 4.78 is 0. The van der Waals surface area contributed by atoms with E-state index in [1.807, 2.05) is 24.3 Å². The van der Waals surface area contributed by atoms with E-state index in [0.717, 1.165) is 89.7 Å². The normalized spacial score (nSPS) is 16.7. The largest absolute Gasteiger partial charge is 0.481 e. The number of rotatable bonds is 37. The number of amides is 3. The zero-order valence-electron chi connectivity index (χ0n) is 48.3. The summed E-state index contributed by atoms with van der Waals surface area (Å²) in [5, 5.41) is 79.9. The molecule has 2 fully saturated rings. The zero-order valence-corrected chi connectivity index (χ0v) is 49.9. The van der Waals surface area contributed by atoms with Crippen molar-refractivity contribution in [2.75, 3.05) is 134 Å². The topological polar surface area (TPSA) is 414 Å². The van der Waals surface area contributed by atoms with E-state index in [9.17, 15) is 73.8 Å². The number of nitrogens with zero attached hydrogens (tertiary/aromatic N) is 9. The number of piperazine rings is 1. The molecule has 1 aromatic heterocycles. The van der Waals surface area contributed by atoms with E-state index in [2.05, 4.69) is 46.4 Å². The van der Waals surface area contributed by atoms with Gasteiger partial charge in [0.15, 0.2) is 0 Å². The maximum Gasteiger partial charge on any atom is 0.326 e. The summed E-state index contributed by atoms with van der Waals surface area (Å²) in [6.07, 6.45) is 9.03. The van der Waals surface area contributed by atoms with Crippen molar-refractivity contribution in [1.29, 1.82) is 0 Å². The van der Waals surface area contributed by atoms with Crippen LogP contribution in [0.3, 0.4) is 0 Å². The van der Waals surface area contributed by atoms with Gasteiger partial charge in [-0.05, 0) is 69.2 Å². The molecule has 1 aromatic carbocycles.